The van der Waals surface area contributed by atoms with Crippen molar-refractivity contribution in [3.8, 4) is 22.6 Å². The molecule has 0 unspecified atom stereocenters. The van der Waals surface area contributed by atoms with Crippen molar-refractivity contribution >= 4 is 28.5 Å². The first kappa shape index (κ1) is 18.4. The monoisotopic (exact) mass is 419 g/mol. The topological polar surface area (TPSA) is 89.6 Å². The number of phenols is 1. The SMILES string of the molecule is O=C1C[C@@H](c2cccnc2)c2c(cc(O)c3c(=O)c(-c4ccc(Cl)cc4)coc23)O1. The smallest absolute Gasteiger partial charge is 0.312 e. The first-order valence-corrected chi connectivity index (χ1v) is 9.58. The van der Waals surface area contributed by atoms with Crippen molar-refractivity contribution in [2.24, 2.45) is 0 Å². The number of nitrogens with zero attached hydrogens (tertiary/aromatic N) is 1. The minimum Gasteiger partial charge on any atom is -0.507 e. The van der Waals surface area contributed by atoms with Crippen LogP contribution < -0.4 is 10.2 Å². The molecule has 0 aliphatic carbocycles. The van der Waals surface area contributed by atoms with E-state index in [1.165, 1.54) is 12.3 Å². The zero-order valence-electron chi connectivity index (χ0n) is 15.5. The average Bonchev–Trinajstić information content (AvgIpc) is 2.74. The van der Waals surface area contributed by atoms with E-state index in [0.29, 0.717) is 21.7 Å². The second kappa shape index (κ2) is 7.00. The van der Waals surface area contributed by atoms with E-state index in [-0.39, 0.29) is 34.3 Å². The highest BCUT2D eigenvalue weighted by atomic mass is 35.5. The predicted molar refractivity (Wildman–Crippen MR) is 111 cm³/mol. The highest BCUT2D eigenvalue weighted by molar-refractivity contribution is 6.30. The Kier molecular flexibility index (Phi) is 4.29. The molecule has 7 heteroatoms. The van der Waals surface area contributed by atoms with Gasteiger partial charge in [-0.25, -0.2) is 0 Å². The largest absolute Gasteiger partial charge is 0.507 e. The number of esters is 1. The van der Waals surface area contributed by atoms with Gasteiger partial charge in [0.05, 0.1) is 12.0 Å². The molecule has 1 N–H and O–H groups in total. The van der Waals surface area contributed by atoms with Crippen LogP contribution >= 0.6 is 11.6 Å². The summed E-state index contributed by atoms with van der Waals surface area (Å²) in [6.45, 7) is 0. The van der Waals surface area contributed by atoms with Crippen LogP contribution in [0.15, 0.2) is 70.3 Å². The molecule has 0 spiro atoms. The number of aromatic hydroxyl groups is 1. The molecule has 4 aromatic rings. The van der Waals surface area contributed by atoms with E-state index < -0.39 is 11.9 Å². The summed E-state index contributed by atoms with van der Waals surface area (Å²) in [4.78, 5) is 29.5. The molecule has 3 heterocycles. The number of benzene rings is 2. The Hall–Kier alpha value is -3.64. The normalized spacial score (nSPS) is 15.6. The number of hydrogen-bond donors (Lipinski definition) is 1. The lowest BCUT2D eigenvalue weighted by atomic mass is 9.85. The molecule has 0 amide bonds. The summed E-state index contributed by atoms with van der Waals surface area (Å²) in [6, 6.07) is 11.7. The van der Waals surface area contributed by atoms with Gasteiger partial charge in [-0.2, -0.15) is 0 Å². The summed E-state index contributed by atoms with van der Waals surface area (Å²) in [5, 5.41) is 11.2. The average molecular weight is 420 g/mol. The lowest BCUT2D eigenvalue weighted by molar-refractivity contribution is -0.135. The molecule has 1 atom stereocenters. The van der Waals surface area contributed by atoms with E-state index in [0.717, 1.165) is 5.56 Å². The van der Waals surface area contributed by atoms with Crippen LogP contribution in [-0.4, -0.2) is 16.1 Å². The predicted octanol–water partition coefficient (Wildman–Crippen LogP) is 4.66. The number of ether oxygens (including phenoxy) is 1. The highest BCUT2D eigenvalue weighted by Gasteiger charge is 2.33. The van der Waals surface area contributed by atoms with E-state index in [1.807, 2.05) is 6.07 Å². The van der Waals surface area contributed by atoms with Gasteiger partial charge in [-0.15, -0.1) is 0 Å². The number of carbonyl (C=O) groups is 1. The van der Waals surface area contributed by atoms with Gasteiger partial charge in [0.15, 0.2) is 0 Å². The van der Waals surface area contributed by atoms with Crippen molar-refractivity contribution in [3.05, 3.63) is 87.5 Å². The Morgan fingerprint density at radius 1 is 1.13 bits per heavy atom. The Labute approximate surface area is 175 Å². The van der Waals surface area contributed by atoms with Gasteiger partial charge < -0.3 is 14.3 Å². The summed E-state index contributed by atoms with van der Waals surface area (Å²) >= 11 is 5.94. The summed E-state index contributed by atoms with van der Waals surface area (Å²) in [5.74, 6) is -0.988. The van der Waals surface area contributed by atoms with Crippen LogP contribution in [0.1, 0.15) is 23.5 Å². The van der Waals surface area contributed by atoms with Gasteiger partial charge in [-0.1, -0.05) is 29.8 Å². The molecule has 148 valence electrons. The van der Waals surface area contributed by atoms with Crippen LogP contribution in [0, 0.1) is 0 Å². The van der Waals surface area contributed by atoms with Gasteiger partial charge >= 0.3 is 5.97 Å². The van der Waals surface area contributed by atoms with E-state index in [4.69, 9.17) is 20.8 Å². The Bertz CT molecular complexity index is 1350. The number of phenolic OH excluding ortho intramolecular Hbond substituents is 1. The fourth-order valence-electron chi connectivity index (χ4n) is 3.83. The third kappa shape index (κ3) is 2.93. The van der Waals surface area contributed by atoms with Gasteiger partial charge in [-0.3, -0.25) is 14.6 Å². The summed E-state index contributed by atoms with van der Waals surface area (Å²) in [7, 11) is 0. The number of rotatable bonds is 2. The minimum absolute atomic E-state index is 0.0352. The van der Waals surface area contributed by atoms with Crippen molar-refractivity contribution in [1.29, 1.82) is 0 Å². The number of halogens is 1. The molecule has 2 aromatic heterocycles. The lowest BCUT2D eigenvalue weighted by Crippen LogP contribution is -2.22. The first-order valence-electron chi connectivity index (χ1n) is 9.21. The van der Waals surface area contributed by atoms with Crippen LogP contribution in [0.5, 0.6) is 11.5 Å². The minimum atomic E-state index is -0.435. The summed E-state index contributed by atoms with van der Waals surface area (Å²) in [6.07, 6.45) is 4.72. The van der Waals surface area contributed by atoms with Crippen molar-refractivity contribution in [1.82, 2.24) is 4.98 Å². The van der Waals surface area contributed by atoms with Crippen molar-refractivity contribution in [2.75, 3.05) is 0 Å². The van der Waals surface area contributed by atoms with Crippen molar-refractivity contribution in [3.63, 3.8) is 0 Å². The summed E-state index contributed by atoms with van der Waals surface area (Å²) in [5.41, 5.74) is 2.03. The number of fused-ring (bicyclic) bond motifs is 3. The Balaban J connectivity index is 1.79. The molecule has 0 saturated heterocycles. The first-order chi connectivity index (χ1) is 14.5. The van der Waals surface area contributed by atoms with E-state index in [2.05, 4.69) is 4.98 Å². The van der Waals surface area contributed by atoms with Gasteiger partial charge in [-0.05, 0) is 29.3 Å². The molecule has 1 aliphatic rings. The Morgan fingerprint density at radius 3 is 2.67 bits per heavy atom. The molecule has 6 nitrogen and oxygen atoms in total. The molecule has 5 rings (SSSR count). The zero-order chi connectivity index (χ0) is 20.8. The number of aromatic nitrogens is 1. The second-order valence-electron chi connectivity index (χ2n) is 7.01. The van der Waals surface area contributed by atoms with Crippen LogP contribution in [0.2, 0.25) is 5.02 Å². The molecule has 2 aromatic carbocycles. The molecular weight excluding hydrogens is 406 g/mol. The molecular formula is C23H14ClNO5. The van der Waals surface area contributed by atoms with Gasteiger partial charge in [0.1, 0.15) is 28.7 Å². The molecule has 0 saturated carbocycles. The maximum Gasteiger partial charge on any atom is 0.312 e. The van der Waals surface area contributed by atoms with Crippen LogP contribution in [0.25, 0.3) is 22.1 Å². The second-order valence-corrected chi connectivity index (χ2v) is 7.45. The third-order valence-electron chi connectivity index (χ3n) is 5.21. The number of pyridine rings is 1. The van der Waals surface area contributed by atoms with Crippen LogP contribution in [0.3, 0.4) is 0 Å². The van der Waals surface area contributed by atoms with Gasteiger partial charge in [0, 0.05) is 35.0 Å². The number of hydrogen-bond acceptors (Lipinski definition) is 6. The maximum absolute atomic E-state index is 13.3. The van der Waals surface area contributed by atoms with Gasteiger partial charge in [0.25, 0.3) is 0 Å². The third-order valence-corrected chi connectivity index (χ3v) is 5.46. The molecule has 0 radical (unpaired) electrons. The fraction of sp³-hybridized carbons (Fsp3) is 0.0870. The molecule has 0 fully saturated rings. The van der Waals surface area contributed by atoms with Crippen LogP contribution in [0.4, 0.5) is 0 Å². The van der Waals surface area contributed by atoms with Crippen LogP contribution in [-0.2, 0) is 4.79 Å². The van der Waals surface area contributed by atoms with Gasteiger partial charge in [0.2, 0.25) is 5.43 Å². The van der Waals surface area contributed by atoms with E-state index in [1.54, 1.807) is 42.7 Å². The maximum atomic E-state index is 13.3. The van der Waals surface area contributed by atoms with Crippen molar-refractivity contribution < 1.29 is 19.1 Å². The van der Waals surface area contributed by atoms with E-state index in [9.17, 15) is 14.7 Å². The molecule has 30 heavy (non-hydrogen) atoms. The zero-order valence-corrected chi connectivity index (χ0v) is 16.2. The van der Waals surface area contributed by atoms with Crippen molar-refractivity contribution in [2.45, 2.75) is 12.3 Å². The summed E-state index contributed by atoms with van der Waals surface area (Å²) < 4.78 is 11.2. The standard InChI is InChI=1S/C23H14ClNO5/c24-14-5-3-12(4-6-14)16-11-29-23-20-15(13-2-1-7-25-10-13)8-19(27)30-18(20)9-17(26)21(23)22(16)28/h1-7,9-11,15,26H,8H2/t15-/m0/s1. The quantitative estimate of drug-likeness (QED) is 0.375. The highest BCUT2D eigenvalue weighted by Crippen LogP contribution is 2.45. The lowest BCUT2D eigenvalue weighted by Gasteiger charge is -2.25. The van der Waals surface area contributed by atoms with E-state index >= 15 is 0 Å². The fourth-order valence-corrected chi connectivity index (χ4v) is 3.95. The molecule has 0 bridgehead atoms. The number of carbonyl (C=O) groups excluding carboxylic acids is 1. The molecule has 1 aliphatic heterocycles. The Morgan fingerprint density at radius 2 is 1.93 bits per heavy atom.